The van der Waals surface area contributed by atoms with E-state index in [1.807, 2.05) is 0 Å². The van der Waals surface area contributed by atoms with Crippen LogP contribution in [-0.2, 0) is 14.6 Å². The molecule has 0 bridgehead atoms. The van der Waals surface area contributed by atoms with E-state index in [1.165, 1.54) is 6.92 Å². The summed E-state index contributed by atoms with van der Waals surface area (Å²) in [4.78, 5) is 11.2. The highest BCUT2D eigenvalue weighted by molar-refractivity contribution is 7.90. The summed E-state index contributed by atoms with van der Waals surface area (Å²) in [7, 11) is -3.33. The van der Waals surface area contributed by atoms with E-state index in [0.717, 1.165) is 6.26 Å². The molecule has 1 aromatic rings. The van der Waals surface area contributed by atoms with Crippen LogP contribution in [-0.4, -0.2) is 37.4 Å². The Morgan fingerprint density at radius 1 is 1.50 bits per heavy atom. The molecule has 0 aliphatic rings. The molecule has 1 heterocycles. The summed E-state index contributed by atoms with van der Waals surface area (Å²) in [6.07, 6.45) is 1.05. The zero-order valence-electron chi connectivity index (χ0n) is 9.13. The van der Waals surface area contributed by atoms with Crippen molar-refractivity contribution in [1.29, 1.82) is 0 Å². The van der Waals surface area contributed by atoms with Crippen molar-refractivity contribution in [3.63, 3.8) is 0 Å². The summed E-state index contributed by atoms with van der Waals surface area (Å²) >= 11 is 0. The molecule has 1 aromatic heterocycles. The van der Waals surface area contributed by atoms with E-state index in [4.69, 9.17) is 4.42 Å². The SMILES string of the molecule is CCOC(=O)c1nnc(C(C)S(C)(=O)=O)o1. The van der Waals surface area contributed by atoms with Gasteiger partial charge in [0.05, 0.1) is 6.61 Å². The molecule has 16 heavy (non-hydrogen) atoms. The minimum absolute atomic E-state index is 0.120. The fraction of sp³-hybridized carbons (Fsp3) is 0.625. The lowest BCUT2D eigenvalue weighted by atomic mass is 10.5. The average Bonchev–Trinajstić information content (AvgIpc) is 2.64. The number of nitrogens with zero attached hydrogens (tertiary/aromatic N) is 2. The lowest BCUT2D eigenvalue weighted by molar-refractivity contribution is 0.0478. The Bertz CT molecular complexity index is 478. The average molecular weight is 248 g/mol. The van der Waals surface area contributed by atoms with E-state index in [1.54, 1.807) is 6.92 Å². The van der Waals surface area contributed by atoms with Gasteiger partial charge in [-0.05, 0) is 13.8 Å². The van der Waals surface area contributed by atoms with Gasteiger partial charge in [0, 0.05) is 6.26 Å². The van der Waals surface area contributed by atoms with E-state index < -0.39 is 21.1 Å². The molecule has 0 N–H and O–H groups in total. The molecule has 0 aliphatic heterocycles. The molecule has 0 saturated heterocycles. The molecule has 0 spiro atoms. The van der Waals surface area contributed by atoms with Gasteiger partial charge in [-0.3, -0.25) is 0 Å². The lowest BCUT2D eigenvalue weighted by Crippen LogP contribution is -2.08. The van der Waals surface area contributed by atoms with Gasteiger partial charge in [-0.1, -0.05) is 0 Å². The number of ether oxygens (including phenoxy) is 1. The van der Waals surface area contributed by atoms with Crippen molar-refractivity contribution in [2.75, 3.05) is 12.9 Å². The number of hydrogen-bond acceptors (Lipinski definition) is 7. The van der Waals surface area contributed by atoms with Gasteiger partial charge >= 0.3 is 11.9 Å². The Kier molecular flexibility index (Phi) is 3.63. The van der Waals surface area contributed by atoms with Gasteiger partial charge in [-0.15, -0.1) is 10.2 Å². The molecule has 0 aliphatic carbocycles. The van der Waals surface area contributed by atoms with Crippen LogP contribution in [0.5, 0.6) is 0 Å². The second-order valence-electron chi connectivity index (χ2n) is 3.14. The van der Waals surface area contributed by atoms with Gasteiger partial charge < -0.3 is 9.15 Å². The van der Waals surface area contributed by atoms with Crippen LogP contribution in [0.2, 0.25) is 0 Å². The van der Waals surface area contributed by atoms with Crippen LogP contribution in [0.4, 0.5) is 0 Å². The molecule has 0 amide bonds. The molecular formula is C8H12N2O5S. The summed E-state index contributed by atoms with van der Waals surface area (Å²) in [5.41, 5.74) is 0. The molecule has 1 rings (SSSR count). The number of esters is 1. The van der Waals surface area contributed by atoms with Gasteiger partial charge in [0.15, 0.2) is 9.84 Å². The van der Waals surface area contributed by atoms with Crippen molar-refractivity contribution >= 4 is 15.8 Å². The summed E-state index contributed by atoms with van der Waals surface area (Å²) in [5.74, 6) is -1.22. The predicted octanol–water partition coefficient (Wildman–Crippen LogP) is 0.352. The van der Waals surface area contributed by atoms with E-state index in [0.29, 0.717) is 0 Å². The van der Waals surface area contributed by atoms with Gasteiger partial charge in [-0.25, -0.2) is 13.2 Å². The minimum atomic E-state index is -3.33. The van der Waals surface area contributed by atoms with Crippen LogP contribution in [0.1, 0.15) is 35.7 Å². The van der Waals surface area contributed by atoms with Crippen LogP contribution >= 0.6 is 0 Å². The fourth-order valence-corrected chi connectivity index (χ4v) is 1.32. The number of carbonyl (C=O) groups excluding carboxylic acids is 1. The number of carbonyl (C=O) groups is 1. The van der Waals surface area contributed by atoms with Gasteiger partial charge in [-0.2, -0.15) is 0 Å². The summed E-state index contributed by atoms with van der Waals surface area (Å²) in [5, 5.41) is 5.96. The van der Waals surface area contributed by atoms with Crippen LogP contribution in [0, 0.1) is 0 Å². The number of rotatable bonds is 4. The lowest BCUT2D eigenvalue weighted by Gasteiger charge is -2.02. The van der Waals surface area contributed by atoms with E-state index in [2.05, 4.69) is 14.9 Å². The van der Waals surface area contributed by atoms with E-state index in [9.17, 15) is 13.2 Å². The predicted molar refractivity (Wildman–Crippen MR) is 53.5 cm³/mol. The second-order valence-corrected chi connectivity index (χ2v) is 5.50. The Morgan fingerprint density at radius 2 is 2.12 bits per heavy atom. The van der Waals surface area contributed by atoms with E-state index >= 15 is 0 Å². The third kappa shape index (κ3) is 2.78. The molecule has 90 valence electrons. The zero-order chi connectivity index (χ0) is 12.3. The smallest absolute Gasteiger partial charge is 0.396 e. The standard InChI is InChI=1S/C8H12N2O5S/c1-4-14-8(11)7-10-9-6(15-7)5(2)16(3,12)13/h5H,4H2,1-3H3. The highest BCUT2D eigenvalue weighted by atomic mass is 32.2. The van der Waals surface area contributed by atoms with Gasteiger partial charge in [0.25, 0.3) is 0 Å². The molecular weight excluding hydrogens is 236 g/mol. The highest BCUT2D eigenvalue weighted by Crippen LogP contribution is 2.19. The molecule has 0 fully saturated rings. The molecule has 0 aromatic carbocycles. The molecule has 0 radical (unpaired) electrons. The minimum Gasteiger partial charge on any atom is -0.459 e. The van der Waals surface area contributed by atoms with Gasteiger partial charge in [0.1, 0.15) is 5.25 Å². The van der Waals surface area contributed by atoms with E-state index in [-0.39, 0.29) is 18.4 Å². The first-order valence-corrected chi connectivity index (χ1v) is 6.51. The number of hydrogen-bond donors (Lipinski definition) is 0. The molecule has 1 unspecified atom stereocenters. The third-order valence-electron chi connectivity index (χ3n) is 1.88. The van der Waals surface area contributed by atoms with Crippen molar-refractivity contribution < 1.29 is 22.4 Å². The normalized spacial score (nSPS) is 13.4. The fourth-order valence-electron chi connectivity index (χ4n) is 0.857. The van der Waals surface area contributed by atoms with Crippen molar-refractivity contribution in [2.24, 2.45) is 0 Å². The maximum absolute atomic E-state index is 11.2. The molecule has 0 saturated carbocycles. The van der Waals surface area contributed by atoms with Crippen LogP contribution in [0.25, 0.3) is 0 Å². The monoisotopic (exact) mass is 248 g/mol. The maximum Gasteiger partial charge on any atom is 0.396 e. The van der Waals surface area contributed by atoms with Crippen molar-refractivity contribution in [2.45, 2.75) is 19.1 Å². The third-order valence-corrected chi connectivity index (χ3v) is 3.37. The van der Waals surface area contributed by atoms with Gasteiger partial charge in [0.2, 0.25) is 5.89 Å². The zero-order valence-corrected chi connectivity index (χ0v) is 9.94. The summed E-state index contributed by atoms with van der Waals surface area (Å²) in [6, 6.07) is 0. The first-order valence-electron chi connectivity index (χ1n) is 4.55. The highest BCUT2D eigenvalue weighted by Gasteiger charge is 2.25. The van der Waals surface area contributed by atoms with Crippen LogP contribution in [0.15, 0.2) is 4.42 Å². The van der Waals surface area contributed by atoms with Crippen molar-refractivity contribution in [3.8, 4) is 0 Å². The molecule has 1 atom stereocenters. The van der Waals surface area contributed by atoms with Crippen molar-refractivity contribution in [3.05, 3.63) is 11.8 Å². The van der Waals surface area contributed by atoms with Crippen LogP contribution in [0.3, 0.4) is 0 Å². The summed E-state index contributed by atoms with van der Waals surface area (Å²) < 4.78 is 31.9. The Morgan fingerprint density at radius 3 is 2.62 bits per heavy atom. The quantitative estimate of drug-likeness (QED) is 0.709. The summed E-state index contributed by atoms with van der Waals surface area (Å²) in [6.45, 7) is 3.21. The Hall–Kier alpha value is -1.44. The largest absolute Gasteiger partial charge is 0.459 e. The second kappa shape index (κ2) is 4.60. The first-order chi connectivity index (χ1) is 7.36. The van der Waals surface area contributed by atoms with Crippen LogP contribution < -0.4 is 0 Å². The Labute approximate surface area is 92.7 Å². The Balaban J connectivity index is 2.91. The molecule has 8 heteroatoms. The first kappa shape index (κ1) is 12.6. The van der Waals surface area contributed by atoms with Crippen molar-refractivity contribution in [1.82, 2.24) is 10.2 Å². The topological polar surface area (TPSA) is 99.4 Å². The molecule has 7 nitrogen and oxygen atoms in total. The maximum atomic E-state index is 11.2. The number of aromatic nitrogens is 2. The number of sulfone groups is 1.